The van der Waals surface area contributed by atoms with Gasteiger partial charge in [0.25, 0.3) is 5.91 Å². The molecule has 1 amide bonds. The van der Waals surface area contributed by atoms with Crippen LogP contribution in [0.25, 0.3) is 0 Å². The Morgan fingerprint density at radius 2 is 1.64 bits per heavy atom. The molecule has 128 valence electrons. The highest BCUT2D eigenvalue weighted by molar-refractivity contribution is 5.93. The Morgan fingerprint density at radius 3 is 2.24 bits per heavy atom. The van der Waals surface area contributed by atoms with Gasteiger partial charge in [-0.15, -0.1) is 0 Å². The second kappa shape index (κ2) is 7.70. The Bertz CT molecular complexity index is 772. The van der Waals surface area contributed by atoms with Crippen molar-refractivity contribution in [1.29, 1.82) is 0 Å². The van der Waals surface area contributed by atoms with Gasteiger partial charge in [-0.2, -0.15) is 10.2 Å². The molecule has 1 fully saturated rings. The van der Waals surface area contributed by atoms with Crippen molar-refractivity contribution in [3.8, 4) is 0 Å². The van der Waals surface area contributed by atoms with E-state index < -0.39 is 0 Å². The molecule has 1 aliphatic rings. The minimum Gasteiger partial charge on any atom is -0.455 e. The number of anilines is 1. The molecule has 0 bridgehead atoms. The zero-order valence-corrected chi connectivity index (χ0v) is 13.9. The predicted octanol–water partition coefficient (Wildman–Crippen LogP) is 4.24. The van der Waals surface area contributed by atoms with Crippen molar-refractivity contribution in [2.75, 3.05) is 11.9 Å². The van der Waals surface area contributed by atoms with Gasteiger partial charge in [0.05, 0.1) is 17.3 Å². The molecule has 2 atom stereocenters. The Morgan fingerprint density at radius 1 is 1.04 bits per heavy atom. The summed E-state index contributed by atoms with van der Waals surface area (Å²) in [4.78, 5) is 23.4. The molecule has 2 aromatic carbocycles. The van der Waals surface area contributed by atoms with Crippen molar-refractivity contribution in [2.24, 2.45) is 22.1 Å². The highest BCUT2D eigenvalue weighted by atomic mass is 16.5. The topological polar surface area (TPSA) is 80.1 Å². The molecule has 0 spiro atoms. The summed E-state index contributed by atoms with van der Waals surface area (Å²) in [5, 5.41) is 10.9. The van der Waals surface area contributed by atoms with Gasteiger partial charge in [0.1, 0.15) is 0 Å². The molecule has 0 unspecified atom stereocenters. The van der Waals surface area contributed by atoms with Gasteiger partial charge in [0.15, 0.2) is 6.61 Å². The standard InChI is InChI=1S/C19H19N3O3/c1-13-11-17(13)19(24)25-12-18(23)20-14-7-9-16(10-8-14)22-21-15-5-3-2-4-6-15/h2-10,13,17H,11-12H2,1H3,(H,20,23)/t13-,17-/m1/s1. The molecule has 0 saturated heterocycles. The lowest BCUT2D eigenvalue weighted by molar-refractivity contribution is -0.148. The molecule has 25 heavy (non-hydrogen) atoms. The van der Waals surface area contributed by atoms with Crippen LogP contribution in [0.1, 0.15) is 13.3 Å². The summed E-state index contributed by atoms with van der Waals surface area (Å²) < 4.78 is 5.00. The fourth-order valence-electron chi connectivity index (χ4n) is 2.31. The predicted molar refractivity (Wildman–Crippen MR) is 93.9 cm³/mol. The molecule has 0 aliphatic heterocycles. The van der Waals surface area contributed by atoms with E-state index in [1.54, 1.807) is 24.3 Å². The lowest BCUT2D eigenvalue weighted by atomic mass is 10.3. The molecule has 6 heteroatoms. The summed E-state index contributed by atoms with van der Waals surface area (Å²) in [6.45, 7) is 1.72. The molecular weight excluding hydrogens is 318 g/mol. The van der Waals surface area contributed by atoms with Crippen molar-refractivity contribution in [3.05, 3.63) is 54.6 Å². The number of hydrogen-bond donors (Lipinski definition) is 1. The van der Waals surface area contributed by atoms with Crippen molar-refractivity contribution >= 4 is 28.9 Å². The number of nitrogens with zero attached hydrogens (tertiary/aromatic N) is 2. The summed E-state index contributed by atoms with van der Waals surface area (Å²) in [7, 11) is 0. The number of carbonyl (C=O) groups is 2. The van der Waals surface area contributed by atoms with E-state index in [-0.39, 0.29) is 24.4 Å². The molecule has 0 radical (unpaired) electrons. The molecule has 1 saturated carbocycles. The SMILES string of the molecule is C[C@@H]1C[C@H]1C(=O)OCC(=O)Nc1ccc(N=Nc2ccccc2)cc1. The lowest BCUT2D eigenvalue weighted by Crippen LogP contribution is -2.21. The molecule has 6 nitrogen and oxygen atoms in total. The zero-order valence-electron chi connectivity index (χ0n) is 13.9. The average Bonchev–Trinajstić information content (AvgIpc) is 3.37. The van der Waals surface area contributed by atoms with Crippen molar-refractivity contribution < 1.29 is 14.3 Å². The van der Waals surface area contributed by atoms with Gasteiger partial charge in [0, 0.05) is 5.69 Å². The number of esters is 1. The zero-order chi connectivity index (χ0) is 17.6. The number of azo groups is 1. The van der Waals surface area contributed by atoms with E-state index in [0.29, 0.717) is 17.3 Å². The maximum Gasteiger partial charge on any atom is 0.309 e. The molecule has 2 aromatic rings. The molecule has 1 aliphatic carbocycles. The minimum absolute atomic E-state index is 0.0398. The van der Waals surface area contributed by atoms with Gasteiger partial charge in [-0.05, 0) is 48.7 Å². The first-order valence-electron chi connectivity index (χ1n) is 8.15. The molecule has 1 N–H and O–H groups in total. The summed E-state index contributed by atoms with van der Waals surface area (Å²) in [6.07, 6.45) is 0.847. The fourth-order valence-corrected chi connectivity index (χ4v) is 2.31. The Hall–Kier alpha value is -3.02. The van der Waals surface area contributed by atoms with Crippen LogP contribution in [-0.2, 0) is 14.3 Å². The van der Waals surface area contributed by atoms with E-state index in [4.69, 9.17) is 4.74 Å². The second-order valence-electron chi connectivity index (χ2n) is 6.06. The van der Waals surface area contributed by atoms with Crippen LogP contribution in [0.5, 0.6) is 0 Å². The first kappa shape index (κ1) is 16.8. The Kier molecular flexibility index (Phi) is 5.18. The summed E-state index contributed by atoms with van der Waals surface area (Å²) in [6, 6.07) is 16.4. The minimum atomic E-state index is -0.361. The number of ether oxygens (including phenoxy) is 1. The third-order valence-electron chi connectivity index (χ3n) is 3.95. The van der Waals surface area contributed by atoms with Crippen LogP contribution in [0.2, 0.25) is 0 Å². The number of nitrogens with one attached hydrogen (secondary N) is 1. The molecular formula is C19H19N3O3. The van der Waals surface area contributed by atoms with Crippen molar-refractivity contribution in [2.45, 2.75) is 13.3 Å². The third-order valence-corrected chi connectivity index (χ3v) is 3.95. The van der Waals surface area contributed by atoms with Crippen LogP contribution in [0.3, 0.4) is 0 Å². The number of carbonyl (C=O) groups excluding carboxylic acids is 2. The average molecular weight is 337 g/mol. The van der Waals surface area contributed by atoms with Crippen LogP contribution in [-0.4, -0.2) is 18.5 Å². The highest BCUT2D eigenvalue weighted by Gasteiger charge is 2.40. The van der Waals surface area contributed by atoms with Gasteiger partial charge in [-0.3, -0.25) is 9.59 Å². The van der Waals surface area contributed by atoms with E-state index in [0.717, 1.165) is 12.1 Å². The quantitative estimate of drug-likeness (QED) is 0.632. The highest BCUT2D eigenvalue weighted by Crippen LogP contribution is 2.38. The van der Waals surface area contributed by atoms with Crippen LogP contribution in [0, 0.1) is 11.8 Å². The van der Waals surface area contributed by atoms with Crippen LogP contribution in [0.15, 0.2) is 64.8 Å². The fraction of sp³-hybridized carbons (Fsp3) is 0.263. The van der Waals surface area contributed by atoms with Crippen LogP contribution < -0.4 is 5.32 Å². The normalized spacial score (nSPS) is 18.8. The van der Waals surface area contributed by atoms with E-state index in [1.165, 1.54) is 0 Å². The van der Waals surface area contributed by atoms with Gasteiger partial charge >= 0.3 is 5.97 Å². The van der Waals surface area contributed by atoms with Gasteiger partial charge in [-0.25, -0.2) is 0 Å². The molecule has 0 aromatic heterocycles. The van der Waals surface area contributed by atoms with Crippen LogP contribution >= 0.6 is 0 Å². The van der Waals surface area contributed by atoms with E-state index in [2.05, 4.69) is 15.5 Å². The first-order chi connectivity index (χ1) is 12.1. The van der Waals surface area contributed by atoms with Crippen molar-refractivity contribution in [3.63, 3.8) is 0 Å². The van der Waals surface area contributed by atoms with Gasteiger partial charge in [-0.1, -0.05) is 25.1 Å². The monoisotopic (exact) mass is 337 g/mol. The second-order valence-corrected chi connectivity index (χ2v) is 6.06. The maximum absolute atomic E-state index is 11.8. The van der Waals surface area contributed by atoms with Gasteiger partial charge < -0.3 is 10.1 Å². The lowest BCUT2D eigenvalue weighted by Gasteiger charge is -2.06. The third kappa shape index (κ3) is 4.97. The first-order valence-corrected chi connectivity index (χ1v) is 8.15. The summed E-state index contributed by atoms with van der Waals surface area (Å²) in [5.74, 6) is -0.324. The van der Waals surface area contributed by atoms with Crippen molar-refractivity contribution in [1.82, 2.24) is 0 Å². The number of hydrogen-bond acceptors (Lipinski definition) is 5. The smallest absolute Gasteiger partial charge is 0.309 e. The number of benzene rings is 2. The molecule has 0 heterocycles. The van der Waals surface area contributed by atoms with Gasteiger partial charge in [0.2, 0.25) is 0 Å². The number of rotatable bonds is 6. The van der Waals surface area contributed by atoms with E-state index in [9.17, 15) is 9.59 Å². The number of amides is 1. The summed E-state index contributed by atoms with van der Waals surface area (Å²) >= 11 is 0. The Balaban J connectivity index is 1.47. The summed E-state index contributed by atoms with van der Waals surface area (Å²) in [5.41, 5.74) is 2.06. The Labute approximate surface area is 145 Å². The van der Waals surface area contributed by atoms with E-state index in [1.807, 2.05) is 37.3 Å². The molecule has 3 rings (SSSR count). The van der Waals surface area contributed by atoms with Crippen LogP contribution in [0.4, 0.5) is 17.1 Å². The largest absolute Gasteiger partial charge is 0.455 e. The van der Waals surface area contributed by atoms with E-state index >= 15 is 0 Å². The maximum atomic E-state index is 11.8.